The van der Waals surface area contributed by atoms with Crippen LogP contribution in [-0.2, 0) is 4.74 Å². The molecule has 6 heteroatoms. The van der Waals surface area contributed by atoms with E-state index in [1.807, 2.05) is 0 Å². The Kier molecular flexibility index (Phi) is 3.38. The van der Waals surface area contributed by atoms with E-state index in [1.54, 1.807) is 18.3 Å². The monoisotopic (exact) mass is 245 g/mol. The number of anilines is 1. The van der Waals surface area contributed by atoms with Crippen LogP contribution in [0.5, 0.6) is 11.6 Å². The van der Waals surface area contributed by atoms with Gasteiger partial charge in [0.15, 0.2) is 0 Å². The number of nitrogen functional groups attached to an aromatic ring is 1. The average molecular weight is 245 g/mol. The highest BCUT2D eigenvalue weighted by atomic mass is 16.5. The zero-order chi connectivity index (χ0) is 13.0. The second-order valence-corrected chi connectivity index (χ2v) is 3.36. The van der Waals surface area contributed by atoms with Crippen LogP contribution < -0.4 is 10.5 Å². The maximum atomic E-state index is 11.4. The van der Waals surface area contributed by atoms with Crippen molar-refractivity contribution in [2.45, 2.75) is 0 Å². The molecule has 2 aromatic rings. The SMILES string of the molecule is COC(=O)c1ccnc(Oc2cccnc2)c1N. The zero-order valence-electron chi connectivity index (χ0n) is 9.66. The molecule has 0 unspecified atom stereocenters. The van der Waals surface area contributed by atoms with Crippen LogP contribution in [0.25, 0.3) is 0 Å². The molecule has 0 amide bonds. The van der Waals surface area contributed by atoms with Gasteiger partial charge in [-0.05, 0) is 18.2 Å². The molecule has 0 aliphatic rings. The number of nitrogens with two attached hydrogens (primary N) is 1. The predicted molar refractivity (Wildman–Crippen MR) is 64.3 cm³/mol. The Hall–Kier alpha value is -2.63. The van der Waals surface area contributed by atoms with Crippen molar-refractivity contribution in [3.63, 3.8) is 0 Å². The highest BCUT2D eigenvalue weighted by Gasteiger charge is 2.15. The quantitative estimate of drug-likeness (QED) is 0.827. The molecule has 0 aromatic carbocycles. The van der Waals surface area contributed by atoms with Gasteiger partial charge in [-0.2, -0.15) is 0 Å². The number of esters is 1. The van der Waals surface area contributed by atoms with E-state index >= 15 is 0 Å². The molecule has 0 bridgehead atoms. The number of carbonyl (C=O) groups is 1. The van der Waals surface area contributed by atoms with Crippen LogP contribution in [0.4, 0.5) is 5.69 Å². The number of methoxy groups -OCH3 is 1. The first kappa shape index (κ1) is 11.8. The molecule has 0 saturated heterocycles. The summed E-state index contributed by atoms with van der Waals surface area (Å²) in [7, 11) is 1.28. The average Bonchev–Trinajstić information content (AvgIpc) is 2.41. The van der Waals surface area contributed by atoms with Crippen molar-refractivity contribution in [1.29, 1.82) is 0 Å². The Labute approximate surface area is 103 Å². The van der Waals surface area contributed by atoms with E-state index < -0.39 is 5.97 Å². The molecule has 0 fully saturated rings. The van der Waals surface area contributed by atoms with Crippen LogP contribution in [0.2, 0.25) is 0 Å². The number of pyridine rings is 2. The number of hydrogen-bond acceptors (Lipinski definition) is 6. The van der Waals surface area contributed by atoms with Crippen molar-refractivity contribution in [3.05, 3.63) is 42.4 Å². The summed E-state index contributed by atoms with van der Waals surface area (Å²) in [5.74, 6) is 0.0931. The van der Waals surface area contributed by atoms with E-state index in [4.69, 9.17) is 10.5 Å². The van der Waals surface area contributed by atoms with E-state index in [0.717, 1.165) is 0 Å². The van der Waals surface area contributed by atoms with Crippen molar-refractivity contribution in [1.82, 2.24) is 9.97 Å². The largest absolute Gasteiger partial charge is 0.465 e. The van der Waals surface area contributed by atoms with Crippen LogP contribution >= 0.6 is 0 Å². The normalized spacial score (nSPS) is 9.83. The summed E-state index contributed by atoms with van der Waals surface area (Å²) >= 11 is 0. The summed E-state index contributed by atoms with van der Waals surface area (Å²) in [4.78, 5) is 19.3. The molecule has 2 heterocycles. The third-order valence-electron chi connectivity index (χ3n) is 2.21. The van der Waals surface area contributed by atoms with Gasteiger partial charge in [-0.15, -0.1) is 0 Å². The van der Waals surface area contributed by atoms with Crippen LogP contribution in [-0.4, -0.2) is 23.0 Å². The minimum Gasteiger partial charge on any atom is -0.465 e. The lowest BCUT2D eigenvalue weighted by molar-refractivity contribution is 0.0601. The number of ether oxygens (including phenoxy) is 2. The summed E-state index contributed by atoms with van der Waals surface area (Å²) in [6, 6.07) is 4.89. The molecule has 0 saturated carbocycles. The van der Waals surface area contributed by atoms with Gasteiger partial charge in [0.1, 0.15) is 11.4 Å². The van der Waals surface area contributed by atoms with E-state index in [1.165, 1.54) is 25.6 Å². The maximum Gasteiger partial charge on any atom is 0.340 e. The highest BCUT2D eigenvalue weighted by Crippen LogP contribution is 2.27. The van der Waals surface area contributed by atoms with E-state index in [-0.39, 0.29) is 17.1 Å². The van der Waals surface area contributed by atoms with E-state index in [2.05, 4.69) is 14.7 Å². The second-order valence-electron chi connectivity index (χ2n) is 3.36. The third kappa shape index (κ3) is 2.37. The molecule has 18 heavy (non-hydrogen) atoms. The summed E-state index contributed by atoms with van der Waals surface area (Å²) in [6.45, 7) is 0. The Morgan fingerprint density at radius 3 is 2.83 bits per heavy atom. The molecule has 0 spiro atoms. The molecule has 0 atom stereocenters. The molecular formula is C12H11N3O3. The number of aromatic nitrogens is 2. The topological polar surface area (TPSA) is 87.3 Å². The number of hydrogen-bond donors (Lipinski definition) is 1. The third-order valence-corrected chi connectivity index (χ3v) is 2.21. The lowest BCUT2D eigenvalue weighted by Crippen LogP contribution is -2.07. The lowest BCUT2D eigenvalue weighted by Gasteiger charge is -2.09. The van der Waals surface area contributed by atoms with Gasteiger partial charge in [0.25, 0.3) is 0 Å². The van der Waals surface area contributed by atoms with Gasteiger partial charge in [-0.3, -0.25) is 4.98 Å². The van der Waals surface area contributed by atoms with E-state index in [9.17, 15) is 4.79 Å². The van der Waals surface area contributed by atoms with Crippen molar-refractivity contribution in [3.8, 4) is 11.6 Å². The molecule has 0 aliphatic carbocycles. The minimum absolute atomic E-state index is 0.133. The van der Waals surface area contributed by atoms with Gasteiger partial charge in [0.2, 0.25) is 5.88 Å². The first-order valence-electron chi connectivity index (χ1n) is 5.13. The van der Waals surface area contributed by atoms with Crippen LogP contribution in [0, 0.1) is 0 Å². The number of rotatable bonds is 3. The van der Waals surface area contributed by atoms with Gasteiger partial charge in [0.05, 0.1) is 18.9 Å². The molecule has 2 aromatic heterocycles. The van der Waals surface area contributed by atoms with Crippen LogP contribution in [0.1, 0.15) is 10.4 Å². The number of carbonyl (C=O) groups excluding carboxylic acids is 1. The van der Waals surface area contributed by atoms with Gasteiger partial charge >= 0.3 is 5.97 Å². The van der Waals surface area contributed by atoms with Gasteiger partial charge < -0.3 is 15.2 Å². The molecule has 2 rings (SSSR count). The molecule has 92 valence electrons. The van der Waals surface area contributed by atoms with E-state index in [0.29, 0.717) is 5.75 Å². The van der Waals surface area contributed by atoms with Crippen LogP contribution in [0.3, 0.4) is 0 Å². The zero-order valence-corrected chi connectivity index (χ0v) is 9.66. The van der Waals surface area contributed by atoms with Crippen LogP contribution in [0.15, 0.2) is 36.8 Å². The fraction of sp³-hybridized carbons (Fsp3) is 0.0833. The predicted octanol–water partition coefficient (Wildman–Crippen LogP) is 1.64. The first-order valence-corrected chi connectivity index (χ1v) is 5.13. The minimum atomic E-state index is -0.536. The Morgan fingerprint density at radius 1 is 1.33 bits per heavy atom. The Balaban J connectivity index is 2.32. The Bertz CT molecular complexity index is 558. The smallest absolute Gasteiger partial charge is 0.340 e. The molecule has 0 radical (unpaired) electrons. The molecular weight excluding hydrogens is 234 g/mol. The first-order chi connectivity index (χ1) is 8.72. The fourth-order valence-corrected chi connectivity index (χ4v) is 1.34. The second kappa shape index (κ2) is 5.13. The highest BCUT2D eigenvalue weighted by molar-refractivity contribution is 5.96. The molecule has 0 aliphatic heterocycles. The van der Waals surface area contributed by atoms with Crippen molar-refractivity contribution < 1.29 is 14.3 Å². The van der Waals surface area contributed by atoms with Gasteiger partial charge in [0, 0.05) is 12.4 Å². The lowest BCUT2D eigenvalue weighted by atomic mass is 10.2. The number of nitrogens with zero attached hydrogens (tertiary/aromatic N) is 2. The maximum absolute atomic E-state index is 11.4. The summed E-state index contributed by atoms with van der Waals surface area (Å²) < 4.78 is 10.0. The summed E-state index contributed by atoms with van der Waals surface area (Å²) in [5, 5.41) is 0. The van der Waals surface area contributed by atoms with Gasteiger partial charge in [-0.1, -0.05) is 0 Å². The van der Waals surface area contributed by atoms with Crippen molar-refractivity contribution in [2.24, 2.45) is 0 Å². The van der Waals surface area contributed by atoms with Gasteiger partial charge in [-0.25, -0.2) is 9.78 Å². The van der Waals surface area contributed by atoms with Crippen molar-refractivity contribution >= 4 is 11.7 Å². The standard InChI is InChI=1S/C12H11N3O3/c1-17-12(16)9-4-6-15-11(10(9)13)18-8-3-2-5-14-7-8/h2-7H,13H2,1H3. The molecule has 2 N–H and O–H groups in total. The summed E-state index contributed by atoms with van der Waals surface area (Å²) in [5.41, 5.74) is 6.15. The Morgan fingerprint density at radius 2 is 2.17 bits per heavy atom. The summed E-state index contributed by atoms with van der Waals surface area (Å²) in [6.07, 6.45) is 4.56. The fourth-order valence-electron chi connectivity index (χ4n) is 1.34. The molecule has 6 nitrogen and oxygen atoms in total. The van der Waals surface area contributed by atoms with Crippen molar-refractivity contribution in [2.75, 3.05) is 12.8 Å².